The Morgan fingerprint density at radius 1 is 1.40 bits per heavy atom. The van der Waals surface area contributed by atoms with Gasteiger partial charge in [0.2, 0.25) is 0 Å². The zero-order valence-electron chi connectivity index (χ0n) is 8.38. The molecule has 0 aliphatic heterocycles. The first-order valence-corrected chi connectivity index (χ1v) is 4.70. The number of phenolic OH excluding ortho intramolecular Hbond substituents is 2. The second kappa shape index (κ2) is 3.87. The summed E-state index contributed by atoms with van der Waals surface area (Å²) in [5.74, 6) is -1.92. The van der Waals surface area contributed by atoms with Crippen molar-refractivity contribution >= 4 is 11.6 Å². The van der Waals surface area contributed by atoms with Crippen LogP contribution in [0.15, 0.2) is 6.07 Å². The zero-order valence-corrected chi connectivity index (χ0v) is 9.14. The Labute approximate surface area is 91.7 Å². The average Bonchev–Trinajstić information content (AvgIpc) is 2.15. The van der Waals surface area contributed by atoms with Gasteiger partial charge in [-0.1, -0.05) is 25.4 Å². The highest BCUT2D eigenvalue weighted by atomic mass is 35.5. The molecule has 5 heteroatoms. The Bertz CT molecular complexity index is 364. The number of hydrogen-bond acceptors (Lipinski definition) is 3. The topological polar surface area (TPSA) is 60.7 Å². The van der Waals surface area contributed by atoms with Gasteiger partial charge in [0.25, 0.3) is 0 Å². The third-order valence-corrected chi connectivity index (χ3v) is 2.52. The van der Waals surface area contributed by atoms with E-state index in [1.165, 1.54) is 13.8 Å². The summed E-state index contributed by atoms with van der Waals surface area (Å²) in [5, 5.41) is 27.6. The molecule has 0 atom stereocenters. The summed E-state index contributed by atoms with van der Waals surface area (Å²) in [6.07, 6.45) is 0. The van der Waals surface area contributed by atoms with Gasteiger partial charge in [-0.2, -0.15) is 0 Å². The van der Waals surface area contributed by atoms with Crippen molar-refractivity contribution in [2.24, 2.45) is 0 Å². The molecule has 0 saturated heterocycles. The maximum absolute atomic E-state index is 13.6. The third-order valence-electron chi connectivity index (χ3n) is 2.24. The molecule has 0 heterocycles. The van der Waals surface area contributed by atoms with Gasteiger partial charge in [0.15, 0.2) is 11.5 Å². The van der Waals surface area contributed by atoms with Crippen LogP contribution in [0.1, 0.15) is 19.4 Å². The van der Waals surface area contributed by atoms with Gasteiger partial charge in [-0.3, -0.25) is 0 Å². The van der Waals surface area contributed by atoms with Gasteiger partial charge < -0.3 is 15.3 Å². The number of halogens is 2. The van der Waals surface area contributed by atoms with E-state index in [-0.39, 0.29) is 17.2 Å². The highest BCUT2D eigenvalue weighted by Crippen LogP contribution is 2.41. The highest BCUT2D eigenvalue weighted by molar-refractivity contribution is 6.31. The lowest BCUT2D eigenvalue weighted by atomic mass is 9.84. The summed E-state index contributed by atoms with van der Waals surface area (Å²) in [4.78, 5) is 0. The van der Waals surface area contributed by atoms with Gasteiger partial charge in [0.1, 0.15) is 5.82 Å². The summed E-state index contributed by atoms with van der Waals surface area (Å²) in [6.45, 7) is 2.68. The molecule has 1 aromatic rings. The standard InChI is InChI=1S/C10H12ClFO3/c1-10(2,4-13)7-8(12)5(11)3-6(14)9(7)15/h3,13-15H,4H2,1-2H3. The Balaban J connectivity index is 3.53. The molecule has 15 heavy (non-hydrogen) atoms. The fraction of sp³-hybridized carbons (Fsp3) is 0.400. The van der Waals surface area contributed by atoms with E-state index in [9.17, 15) is 14.6 Å². The molecule has 1 aromatic carbocycles. The molecule has 0 amide bonds. The predicted octanol–water partition coefficient (Wildman–Crippen LogP) is 2.16. The van der Waals surface area contributed by atoms with Gasteiger partial charge in [0.05, 0.1) is 11.6 Å². The summed E-state index contributed by atoms with van der Waals surface area (Å²) in [7, 11) is 0. The van der Waals surface area contributed by atoms with Gasteiger partial charge in [-0.05, 0) is 0 Å². The minimum atomic E-state index is -1.02. The van der Waals surface area contributed by atoms with Crippen molar-refractivity contribution in [3.05, 3.63) is 22.5 Å². The zero-order chi connectivity index (χ0) is 11.8. The van der Waals surface area contributed by atoms with E-state index in [1.54, 1.807) is 0 Å². The largest absolute Gasteiger partial charge is 0.504 e. The first kappa shape index (κ1) is 12.1. The van der Waals surface area contributed by atoms with Crippen LogP contribution in [0.3, 0.4) is 0 Å². The normalized spacial score (nSPS) is 11.8. The van der Waals surface area contributed by atoms with Crippen LogP contribution in [0.5, 0.6) is 11.5 Å². The number of aliphatic hydroxyl groups is 1. The molecule has 84 valence electrons. The summed E-state index contributed by atoms with van der Waals surface area (Å²) >= 11 is 5.53. The number of phenols is 2. The van der Waals surface area contributed by atoms with Crippen molar-refractivity contribution in [2.75, 3.05) is 6.61 Å². The van der Waals surface area contributed by atoms with Gasteiger partial charge in [-0.15, -0.1) is 0 Å². The van der Waals surface area contributed by atoms with E-state index in [0.717, 1.165) is 6.07 Å². The van der Waals surface area contributed by atoms with Gasteiger partial charge >= 0.3 is 0 Å². The first-order chi connectivity index (χ1) is 6.81. The predicted molar refractivity (Wildman–Crippen MR) is 54.9 cm³/mol. The summed E-state index contributed by atoms with van der Waals surface area (Å²) in [6, 6.07) is 0.920. The molecule has 3 nitrogen and oxygen atoms in total. The average molecular weight is 235 g/mol. The minimum absolute atomic E-state index is 0.185. The molecule has 0 fully saturated rings. The Hall–Kier alpha value is -1.00. The van der Waals surface area contributed by atoms with Crippen molar-refractivity contribution in [1.29, 1.82) is 0 Å². The van der Waals surface area contributed by atoms with Crippen molar-refractivity contribution < 1.29 is 19.7 Å². The lowest BCUT2D eigenvalue weighted by Gasteiger charge is -2.24. The number of hydrogen-bond donors (Lipinski definition) is 3. The van der Waals surface area contributed by atoms with Crippen LogP contribution in [0, 0.1) is 5.82 Å². The number of aliphatic hydroxyl groups excluding tert-OH is 1. The smallest absolute Gasteiger partial charge is 0.164 e. The van der Waals surface area contributed by atoms with E-state index in [0.29, 0.717) is 0 Å². The Morgan fingerprint density at radius 2 is 1.93 bits per heavy atom. The van der Waals surface area contributed by atoms with E-state index in [1.807, 2.05) is 0 Å². The molecule has 0 unspecified atom stereocenters. The van der Waals surface area contributed by atoms with Gasteiger partial charge in [0, 0.05) is 17.0 Å². The second-order valence-corrected chi connectivity index (χ2v) is 4.36. The van der Waals surface area contributed by atoms with E-state index in [4.69, 9.17) is 16.7 Å². The maximum Gasteiger partial charge on any atom is 0.164 e. The number of aromatic hydroxyl groups is 2. The first-order valence-electron chi connectivity index (χ1n) is 4.32. The lowest BCUT2D eigenvalue weighted by molar-refractivity contribution is 0.210. The van der Waals surface area contributed by atoms with Crippen LogP contribution in [-0.4, -0.2) is 21.9 Å². The van der Waals surface area contributed by atoms with Crippen molar-refractivity contribution in [3.8, 4) is 11.5 Å². The van der Waals surface area contributed by atoms with Crippen molar-refractivity contribution in [1.82, 2.24) is 0 Å². The van der Waals surface area contributed by atoms with E-state index >= 15 is 0 Å². The molecule has 0 aromatic heterocycles. The molecule has 1 rings (SSSR count). The number of benzene rings is 1. The Morgan fingerprint density at radius 3 is 2.40 bits per heavy atom. The van der Waals surface area contributed by atoms with Crippen LogP contribution >= 0.6 is 11.6 Å². The molecule has 0 aliphatic rings. The monoisotopic (exact) mass is 234 g/mol. The Kier molecular flexibility index (Phi) is 3.11. The van der Waals surface area contributed by atoms with Crippen LogP contribution < -0.4 is 0 Å². The van der Waals surface area contributed by atoms with Crippen LogP contribution in [0.25, 0.3) is 0 Å². The lowest BCUT2D eigenvalue weighted by Crippen LogP contribution is -2.24. The fourth-order valence-corrected chi connectivity index (χ4v) is 1.50. The number of rotatable bonds is 2. The molecule has 0 radical (unpaired) electrons. The molecule has 0 saturated carbocycles. The quantitative estimate of drug-likeness (QED) is 0.688. The SMILES string of the molecule is CC(C)(CO)c1c(O)c(O)cc(Cl)c1F. The molecular formula is C10H12ClFO3. The third kappa shape index (κ3) is 2.01. The second-order valence-electron chi connectivity index (χ2n) is 3.96. The summed E-state index contributed by atoms with van der Waals surface area (Å²) in [5.41, 5.74) is -1.20. The van der Waals surface area contributed by atoms with E-state index < -0.39 is 22.7 Å². The fourth-order valence-electron chi connectivity index (χ4n) is 1.30. The maximum atomic E-state index is 13.6. The minimum Gasteiger partial charge on any atom is -0.504 e. The molecule has 0 spiro atoms. The van der Waals surface area contributed by atoms with E-state index in [2.05, 4.69) is 0 Å². The molecule has 3 N–H and O–H groups in total. The molecular weight excluding hydrogens is 223 g/mol. The van der Waals surface area contributed by atoms with Crippen molar-refractivity contribution in [2.45, 2.75) is 19.3 Å². The van der Waals surface area contributed by atoms with Crippen molar-refractivity contribution in [3.63, 3.8) is 0 Å². The molecule has 0 aliphatic carbocycles. The van der Waals surface area contributed by atoms with Crippen LogP contribution in [0.4, 0.5) is 4.39 Å². The van der Waals surface area contributed by atoms with Gasteiger partial charge in [-0.25, -0.2) is 4.39 Å². The summed E-state index contributed by atoms with van der Waals surface area (Å²) < 4.78 is 13.6. The highest BCUT2D eigenvalue weighted by Gasteiger charge is 2.30. The molecule has 0 bridgehead atoms. The van der Waals surface area contributed by atoms with Crippen LogP contribution in [-0.2, 0) is 5.41 Å². The van der Waals surface area contributed by atoms with Crippen LogP contribution in [0.2, 0.25) is 5.02 Å².